The van der Waals surface area contributed by atoms with Crippen LogP contribution in [0.3, 0.4) is 0 Å². The number of nitrogens with zero attached hydrogens (tertiary/aromatic N) is 2. The third-order valence-corrected chi connectivity index (χ3v) is 4.69. The molecule has 0 spiro atoms. The van der Waals surface area contributed by atoms with Crippen LogP contribution in [-0.2, 0) is 6.42 Å². The molecule has 0 radical (unpaired) electrons. The van der Waals surface area contributed by atoms with Gasteiger partial charge in [-0.1, -0.05) is 30.3 Å². The summed E-state index contributed by atoms with van der Waals surface area (Å²) < 4.78 is 0. The van der Waals surface area contributed by atoms with Crippen LogP contribution in [0.25, 0.3) is 11.5 Å². The fourth-order valence-electron chi connectivity index (χ4n) is 3.38. The van der Waals surface area contributed by atoms with E-state index in [1.807, 2.05) is 18.2 Å². The molecule has 136 valence electrons. The number of nitrogens with one attached hydrogen (secondary N) is 2. The Balaban J connectivity index is 1.67. The number of amides is 1. The second kappa shape index (κ2) is 7.03. The molecule has 7 heteroatoms. The first-order chi connectivity index (χ1) is 13.1. The highest BCUT2D eigenvalue weighted by Crippen LogP contribution is 2.30. The lowest BCUT2D eigenvalue weighted by molar-refractivity contribution is 0.0924. The Bertz CT molecular complexity index is 1050. The maximum atomic E-state index is 12.8. The van der Waals surface area contributed by atoms with E-state index < -0.39 is 17.2 Å². The van der Waals surface area contributed by atoms with Crippen LogP contribution in [0, 0.1) is 0 Å². The van der Waals surface area contributed by atoms with E-state index in [0.717, 1.165) is 24.8 Å². The van der Waals surface area contributed by atoms with E-state index >= 15 is 0 Å². The van der Waals surface area contributed by atoms with E-state index in [9.17, 15) is 14.7 Å². The highest BCUT2D eigenvalue weighted by atomic mass is 16.3. The standard InChI is InChI=1S/C20H18N4O3/c25-17-16(23-18(24-20(17)27)15-9-3-4-11-21-15)19(26)22-14-10-5-7-12-6-1-2-8-13(12)14/h1-4,6,8-9,11,14,25H,5,7,10H2,(H,22,26)(H,23,24,27). The van der Waals surface area contributed by atoms with Gasteiger partial charge >= 0.3 is 0 Å². The predicted molar refractivity (Wildman–Crippen MR) is 99.3 cm³/mol. The Morgan fingerprint density at radius 3 is 2.81 bits per heavy atom. The molecular weight excluding hydrogens is 344 g/mol. The molecule has 1 unspecified atom stereocenters. The molecule has 7 nitrogen and oxygen atoms in total. The third-order valence-electron chi connectivity index (χ3n) is 4.69. The number of carbonyl (C=O) groups excluding carboxylic acids is 1. The van der Waals surface area contributed by atoms with E-state index in [1.165, 1.54) is 5.56 Å². The van der Waals surface area contributed by atoms with E-state index in [4.69, 9.17) is 0 Å². The smallest absolute Gasteiger partial charge is 0.294 e. The number of rotatable bonds is 3. The van der Waals surface area contributed by atoms with E-state index in [1.54, 1.807) is 24.4 Å². The minimum atomic E-state index is -0.778. The highest BCUT2D eigenvalue weighted by molar-refractivity contribution is 5.95. The molecule has 1 aliphatic carbocycles. The molecule has 1 amide bonds. The Morgan fingerprint density at radius 1 is 1.19 bits per heavy atom. The fraction of sp³-hybridized carbons (Fsp3) is 0.200. The first-order valence-electron chi connectivity index (χ1n) is 8.77. The second-order valence-corrected chi connectivity index (χ2v) is 6.44. The van der Waals surface area contributed by atoms with Crippen LogP contribution in [0.15, 0.2) is 53.5 Å². The topological polar surface area (TPSA) is 108 Å². The maximum Gasteiger partial charge on any atom is 0.294 e. The summed E-state index contributed by atoms with van der Waals surface area (Å²) >= 11 is 0. The lowest BCUT2D eigenvalue weighted by atomic mass is 9.87. The fourth-order valence-corrected chi connectivity index (χ4v) is 3.38. The van der Waals surface area contributed by atoms with Crippen LogP contribution < -0.4 is 10.9 Å². The molecule has 3 aromatic rings. The molecule has 27 heavy (non-hydrogen) atoms. The van der Waals surface area contributed by atoms with Crippen LogP contribution in [0.2, 0.25) is 0 Å². The van der Waals surface area contributed by atoms with Gasteiger partial charge in [0, 0.05) is 6.20 Å². The zero-order valence-corrected chi connectivity index (χ0v) is 14.5. The molecule has 1 atom stereocenters. The van der Waals surface area contributed by atoms with Gasteiger partial charge in [-0.3, -0.25) is 14.6 Å². The van der Waals surface area contributed by atoms with Crippen LogP contribution in [0.4, 0.5) is 0 Å². The summed E-state index contributed by atoms with van der Waals surface area (Å²) in [5.74, 6) is -1.15. The zero-order valence-electron chi connectivity index (χ0n) is 14.5. The van der Waals surface area contributed by atoms with Crippen molar-refractivity contribution in [1.82, 2.24) is 20.3 Å². The highest BCUT2D eigenvalue weighted by Gasteiger charge is 2.25. The van der Waals surface area contributed by atoms with Crippen molar-refractivity contribution in [2.45, 2.75) is 25.3 Å². The van der Waals surface area contributed by atoms with Gasteiger partial charge in [0.25, 0.3) is 11.5 Å². The zero-order chi connectivity index (χ0) is 18.8. The average molecular weight is 362 g/mol. The molecule has 2 aromatic heterocycles. The van der Waals surface area contributed by atoms with E-state index in [2.05, 4.69) is 26.3 Å². The van der Waals surface area contributed by atoms with Gasteiger partial charge in [0.15, 0.2) is 11.5 Å². The van der Waals surface area contributed by atoms with Crippen molar-refractivity contribution in [3.8, 4) is 17.3 Å². The van der Waals surface area contributed by atoms with Crippen LogP contribution >= 0.6 is 0 Å². The number of pyridine rings is 1. The lowest BCUT2D eigenvalue weighted by Crippen LogP contribution is -2.32. The van der Waals surface area contributed by atoms with Crippen LogP contribution in [0.1, 0.15) is 40.5 Å². The number of aromatic nitrogens is 3. The minimum absolute atomic E-state index is 0.132. The number of aromatic hydroxyl groups is 1. The normalized spacial score (nSPS) is 15.8. The van der Waals surface area contributed by atoms with Crippen molar-refractivity contribution in [1.29, 1.82) is 0 Å². The molecule has 3 N–H and O–H groups in total. The summed E-state index contributed by atoms with van der Waals surface area (Å²) in [7, 11) is 0. The van der Waals surface area contributed by atoms with Crippen molar-refractivity contribution in [3.05, 3.63) is 75.8 Å². The largest absolute Gasteiger partial charge is 0.501 e. The Morgan fingerprint density at radius 2 is 2.00 bits per heavy atom. The van der Waals surface area contributed by atoms with Crippen molar-refractivity contribution < 1.29 is 9.90 Å². The van der Waals surface area contributed by atoms with Gasteiger partial charge in [0.05, 0.1) is 6.04 Å². The third kappa shape index (κ3) is 3.31. The molecule has 2 heterocycles. The monoisotopic (exact) mass is 362 g/mol. The Labute approximate surface area is 155 Å². The first-order valence-corrected chi connectivity index (χ1v) is 8.77. The van der Waals surface area contributed by atoms with Gasteiger partial charge in [-0.25, -0.2) is 4.98 Å². The SMILES string of the molecule is O=C(NC1CCCc2ccccc21)c1nc(-c2ccccn2)[nH]c(=O)c1O. The van der Waals surface area contributed by atoms with Gasteiger partial charge in [-0.15, -0.1) is 0 Å². The minimum Gasteiger partial charge on any atom is -0.501 e. The molecule has 0 saturated carbocycles. The summed E-state index contributed by atoms with van der Waals surface area (Å²) in [6.07, 6.45) is 4.28. The molecular formula is C20H18N4O3. The summed E-state index contributed by atoms with van der Waals surface area (Å²) in [6.45, 7) is 0. The van der Waals surface area contributed by atoms with E-state index in [-0.39, 0.29) is 17.6 Å². The summed E-state index contributed by atoms with van der Waals surface area (Å²) in [5, 5.41) is 13.0. The molecule has 1 aromatic carbocycles. The molecule has 0 saturated heterocycles. The maximum absolute atomic E-state index is 12.8. The summed E-state index contributed by atoms with van der Waals surface area (Å²) in [6, 6.07) is 12.9. The Kier molecular flexibility index (Phi) is 4.42. The molecule has 0 fully saturated rings. The Hall–Kier alpha value is -3.48. The first kappa shape index (κ1) is 17.0. The van der Waals surface area contributed by atoms with Crippen molar-refractivity contribution in [2.24, 2.45) is 0 Å². The molecule has 0 aliphatic heterocycles. The van der Waals surface area contributed by atoms with Gasteiger partial charge < -0.3 is 15.4 Å². The van der Waals surface area contributed by atoms with Gasteiger partial charge in [-0.2, -0.15) is 0 Å². The van der Waals surface area contributed by atoms with Gasteiger partial charge in [0.1, 0.15) is 5.69 Å². The second-order valence-electron chi connectivity index (χ2n) is 6.44. The van der Waals surface area contributed by atoms with Crippen LogP contribution in [0.5, 0.6) is 5.75 Å². The molecule has 4 rings (SSSR count). The van der Waals surface area contributed by atoms with Gasteiger partial charge in [0.2, 0.25) is 5.75 Å². The van der Waals surface area contributed by atoms with Crippen molar-refractivity contribution in [2.75, 3.05) is 0 Å². The number of fused-ring (bicyclic) bond motifs is 1. The van der Waals surface area contributed by atoms with E-state index in [0.29, 0.717) is 5.69 Å². The van der Waals surface area contributed by atoms with Crippen molar-refractivity contribution >= 4 is 5.91 Å². The molecule has 1 aliphatic rings. The lowest BCUT2D eigenvalue weighted by Gasteiger charge is -2.26. The number of benzene rings is 1. The van der Waals surface area contributed by atoms with Gasteiger partial charge in [-0.05, 0) is 42.5 Å². The number of hydrogen-bond acceptors (Lipinski definition) is 5. The van der Waals surface area contributed by atoms with Crippen LogP contribution in [-0.4, -0.2) is 26.0 Å². The summed E-state index contributed by atoms with van der Waals surface area (Å²) in [4.78, 5) is 35.6. The average Bonchev–Trinajstić information content (AvgIpc) is 2.71. The summed E-state index contributed by atoms with van der Waals surface area (Å²) in [5.41, 5.74) is 1.59. The number of hydrogen-bond donors (Lipinski definition) is 3. The number of H-pyrrole nitrogens is 1. The number of aromatic amines is 1. The van der Waals surface area contributed by atoms with Crippen molar-refractivity contribution in [3.63, 3.8) is 0 Å². The molecule has 0 bridgehead atoms. The quantitative estimate of drug-likeness (QED) is 0.663. The number of aryl methyl sites for hydroxylation is 1. The number of carbonyl (C=O) groups is 1. The predicted octanol–water partition coefficient (Wildman–Crippen LogP) is 2.34.